The first-order valence-electron chi connectivity index (χ1n) is 10.0. The molecule has 0 spiro atoms. The van der Waals surface area contributed by atoms with Gasteiger partial charge in [0.25, 0.3) is 0 Å². The minimum Gasteiger partial charge on any atom is -0.335 e. The van der Waals surface area contributed by atoms with Gasteiger partial charge in [0.05, 0.1) is 7.05 Å². The molecule has 0 aromatic carbocycles. The monoisotopic (exact) mass is 381 g/mol. The molecule has 0 aromatic heterocycles. The van der Waals surface area contributed by atoms with E-state index in [1.54, 1.807) is 0 Å². The molecule has 26 heavy (non-hydrogen) atoms. The largest absolute Gasteiger partial charge is 0.335 e. The summed E-state index contributed by atoms with van der Waals surface area (Å²) in [6, 6.07) is 0.537. The summed E-state index contributed by atoms with van der Waals surface area (Å²) < 4.78 is 24.7. The number of ether oxygens (including phenoxy) is 3. The van der Waals surface area contributed by atoms with Gasteiger partial charge < -0.3 is 14.2 Å². The van der Waals surface area contributed by atoms with Crippen molar-refractivity contribution in [2.45, 2.75) is 108 Å². The summed E-state index contributed by atoms with van der Waals surface area (Å²) in [6.07, 6.45) is 6.47. The minimum absolute atomic E-state index is 0.216. The Kier molecular flexibility index (Phi) is 3.09. The predicted octanol–water partition coefficient (Wildman–Crippen LogP) is 4.05. The van der Waals surface area contributed by atoms with E-state index in [-0.39, 0.29) is 21.6 Å². The second-order valence-corrected chi connectivity index (χ2v) is 13.7. The predicted molar refractivity (Wildman–Crippen MR) is 102 cm³/mol. The van der Waals surface area contributed by atoms with Gasteiger partial charge in [0.1, 0.15) is 22.3 Å². The third-order valence-electron chi connectivity index (χ3n) is 8.24. The molecule has 146 valence electrons. The van der Waals surface area contributed by atoms with Gasteiger partial charge in [-0.3, -0.25) is 4.58 Å². The average molecular weight is 381 g/mol. The lowest BCUT2D eigenvalue weighted by atomic mass is 9.73. The van der Waals surface area contributed by atoms with Crippen molar-refractivity contribution < 1.29 is 18.8 Å². The minimum atomic E-state index is -0.666. The number of hydrogen-bond acceptors (Lipinski definition) is 4. The van der Waals surface area contributed by atoms with Crippen LogP contribution < -0.4 is 0 Å². The van der Waals surface area contributed by atoms with Crippen molar-refractivity contribution in [1.29, 1.82) is 0 Å². The summed E-state index contributed by atoms with van der Waals surface area (Å²) in [5.74, 6) is -1.07. The zero-order valence-corrected chi connectivity index (χ0v) is 18.4. The van der Waals surface area contributed by atoms with Gasteiger partial charge >= 0.3 is 0 Å². The van der Waals surface area contributed by atoms with E-state index in [0.717, 1.165) is 12.8 Å². The van der Waals surface area contributed by atoms with Crippen LogP contribution in [0.2, 0.25) is 0 Å². The summed E-state index contributed by atoms with van der Waals surface area (Å²) in [6.45, 7) is 16.1. The number of fused-ring (bicyclic) bond motifs is 2. The summed E-state index contributed by atoms with van der Waals surface area (Å²) in [7, 11) is 1.58. The third-order valence-corrected chi connectivity index (χ3v) is 11.4. The topological polar surface area (TPSA) is 33.9 Å². The van der Waals surface area contributed by atoms with Crippen molar-refractivity contribution >= 4 is 14.4 Å². The maximum absolute atomic E-state index is 6.68. The van der Waals surface area contributed by atoms with E-state index >= 15 is 0 Å². The summed E-state index contributed by atoms with van der Waals surface area (Å²) in [4.78, 5) is 0. The highest BCUT2D eigenvalue weighted by Crippen LogP contribution is 2.79. The molecule has 6 atom stereocenters. The zero-order chi connectivity index (χ0) is 19.0. The van der Waals surface area contributed by atoms with Gasteiger partial charge in [0.2, 0.25) is 6.34 Å². The molecule has 0 N–H and O–H groups in total. The van der Waals surface area contributed by atoms with Crippen LogP contribution in [-0.4, -0.2) is 56.5 Å². The molecule has 0 amide bonds. The van der Waals surface area contributed by atoms with Gasteiger partial charge in [0, 0.05) is 18.3 Å². The van der Waals surface area contributed by atoms with E-state index in [2.05, 4.69) is 71.1 Å². The van der Waals surface area contributed by atoms with Crippen LogP contribution in [0.1, 0.15) is 74.1 Å². The van der Waals surface area contributed by atoms with Crippen molar-refractivity contribution in [3.8, 4) is 0 Å². The van der Waals surface area contributed by atoms with Crippen LogP contribution in [0.3, 0.4) is 0 Å². The molecular formula is C20H34N2O3P+. The van der Waals surface area contributed by atoms with Gasteiger partial charge in [-0.15, -0.1) is 0 Å². The number of hydrogen-bond donors (Lipinski definition) is 0. The van der Waals surface area contributed by atoms with Crippen molar-refractivity contribution in [1.82, 2.24) is 4.67 Å². The normalized spacial score (nSPS) is 59.7. The lowest BCUT2D eigenvalue weighted by molar-refractivity contribution is -0.600. The first-order valence-corrected chi connectivity index (χ1v) is 11.3. The zero-order valence-electron chi connectivity index (χ0n) is 17.5. The number of nitrogens with zero attached hydrogens (tertiary/aromatic N) is 2. The Morgan fingerprint density at radius 3 is 2.00 bits per heavy atom. The Bertz CT molecular complexity index is 678. The van der Waals surface area contributed by atoms with Gasteiger partial charge in [-0.05, 0) is 47.5 Å². The molecule has 1 aliphatic carbocycles. The van der Waals surface area contributed by atoms with Crippen LogP contribution in [0.15, 0.2) is 0 Å². The van der Waals surface area contributed by atoms with E-state index in [4.69, 9.17) is 14.2 Å². The third kappa shape index (κ3) is 1.89. The second-order valence-electron chi connectivity index (χ2n) is 10.7. The average Bonchev–Trinajstić information content (AvgIpc) is 2.53. The fourth-order valence-corrected chi connectivity index (χ4v) is 11.5. The molecule has 0 aromatic rings. The van der Waals surface area contributed by atoms with Crippen LogP contribution in [0, 0.1) is 5.41 Å². The van der Waals surface area contributed by atoms with Crippen LogP contribution in [-0.2, 0) is 14.2 Å². The van der Waals surface area contributed by atoms with Gasteiger partial charge in [0.15, 0.2) is 19.6 Å². The van der Waals surface area contributed by atoms with E-state index in [9.17, 15) is 0 Å². The highest BCUT2D eigenvalue weighted by Gasteiger charge is 2.77. The maximum atomic E-state index is 6.68. The highest BCUT2D eigenvalue weighted by molar-refractivity contribution is 7.59. The summed E-state index contributed by atoms with van der Waals surface area (Å²) in [5, 5.41) is -0.432. The SMILES string of the molecule is C[N+]1=CN(P2[C@]3(C)C[C@@]4(C)O[C@](C)(C[C@]2(C)O4)O3)[C@H]2CC[C@]1(C)C2(C)C. The molecule has 4 saturated heterocycles. The molecule has 0 unspecified atom stereocenters. The second kappa shape index (κ2) is 4.50. The Morgan fingerprint density at radius 1 is 0.923 bits per heavy atom. The molecule has 1 saturated carbocycles. The lowest BCUT2D eigenvalue weighted by Gasteiger charge is -2.69. The Labute approximate surface area is 158 Å². The van der Waals surface area contributed by atoms with Crippen molar-refractivity contribution in [3.63, 3.8) is 0 Å². The summed E-state index contributed by atoms with van der Waals surface area (Å²) >= 11 is 0. The highest BCUT2D eigenvalue weighted by atomic mass is 31.1. The fraction of sp³-hybridized carbons (Fsp3) is 0.950. The Hall–Kier alpha value is -0.220. The molecule has 6 rings (SSSR count). The fourth-order valence-electron chi connectivity index (χ4n) is 7.19. The number of rotatable bonds is 1. The van der Waals surface area contributed by atoms with Crippen LogP contribution in [0.5, 0.6) is 0 Å². The molecule has 5 nitrogen and oxygen atoms in total. The standard InChI is InChI=1S/C20H34N2O3P/c1-15(2)14-9-10-16(15,3)21(8)13-22(14)26-19(6)11-17(4)23-18(5,25-19)12-20(26,7)24-17/h13-14H,9-12H2,1-8H3/q+1/t14-,16+,17-,18-,19+,20+/m0/s1. The van der Waals surface area contributed by atoms with Crippen molar-refractivity contribution in [3.05, 3.63) is 0 Å². The molecular weight excluding hydrogens is 347 g/mol. The quantitative estimate of drug-likeness (QED) is 0.507. The van der Waals surface area contributed by atoms with E-state index in [1.165, 1.54) is 12.8 Å². The van der Waals surface area contributed by atoms with E-state index in [0.29, 0.717) is 6.04 Å². The van der Waals surface area contributed by atoms with Crippen molar-refractivity contribution in [2.75, 3.05) is 7.05 Å². The maximum Gasteiger partial charge on any atom is 0.236 e. The van der Waals surface area contributed by atoms with Crippen LogP contribution in [0.4, 0.5) is 0 Å². The first-order chi connectivity index (χ1) is 11.8. The summed E-state index contributed by atoms with van der Waals surface area (Å²) in [5.41, 5.74) is 0.450. The van der Waals surface area contributed by atoms with E-state index < -0.39 is 19.6 Å². The van der Waals surface area contributed by atoms with Crippen LogP contribution in [0.25, 0.3) is 0 Å². The molecule has 0 radical (unpaired) electrons. The Morgan fingerprint density at radius 2 is 1.46 bits per heavy atom. The smallest absolute Gasteiger partial charge is 0.236 e. The first kappa shape index (κ1) is 17.8. The molecule has 6 heteroatoms. The molecule has 6 bridgehead atoms. The van der Waals surface area contributed by atoms with Gasteiger partial charge in [-0.1, -0.05) is 13.8 Å². The van der Waals surface area contributed by atoms with Gasteiger partial charge in [-0.25, -0.2) is 4.67 Å². The van der Waals surface area contributed by atoms with Crippen LogP contribution >= 0.6 is 8.07 Å². The van der Waals surface area contributed by atoms with Crippen molar-refractivity contribution in [2.24, 2.45) is 5.41 Å². The van der Waals surface area contributed by atoms with Gasteiger partial charge in [-0.2, -0.15) is 0 Å². The molecule has 6 aliphatic rings. The van der Waals surface area contributed by atoms with E-state index in [1.807, 2.05) is 0 Å². The molecule has 5 heterocycles. The lowest BCUT2D eigenvalue weighted by Crippen LogP contribution is -2.74. The molecule has 5 fully saturated rings. The Balaban J connectivity index is 1.64. The molecule has 5 aliphatic heterocycles.